The van der Waals surface area contributed by atoms with E-state index < -0.39 is 32.8 Å². The molecule has 1 aliphatic heterocycles. The van der Waals surface area contributed by atoms with Crippen molar-refractivity contribution in [3.63, 3.8) is 0 Å². The summed E-state index contributed by atoms with van der Waals surface area (Å²) in [6, 6.07) is -0.787. The van der Waals surface area contributed by atoms with Crippen LogP contribution in [0, 0.1) is 0 Å². The fourth-order valence-electron chi connectivity index (χ4n) is 2.10. The highest BCUT2D eigenvalue weighted by Crippen LogP contribution is 2.31. The molecule has 0 bridgehead atoms. The first-order valence-corrected chi connectivity index (χ1v) is 7.97. The Hall–Kier alpha value is 0.01000. The van der Waals surface area contributed by atoms with Crippen molar-refractivity contribution < 1.29 is 22.2 Å². The first-order valence-electron chi connectivity index (χ1n) is 5.42. The van der Waals surface area contributed by atoms with E-state index in [0.29, 0.717) is 17.9 Å². The summed E-state index contributed by atoms with van der Waals surface area (Å²) >= 11 is 16.3. The molecule has 0 aromatic carbocycles. The van der Waals surface area contributed by atoms with E-state index in [-0.39, 0.29) is 6.04 Å². The van der Waals surface area contributed by atoms with E-state index in [2.05, 4.69) is 9.01 Å². The minimum absolute atomic E-state index is 0.376. The zero-order valence-corrected chi connectivity index (χ0v) is 12.6. The predicted molar refractivity (Wildman–Crippen MR) is 68.0 cm³/mol. The second kappa shape index (κ2) is 5.42. The molecule has 110 valence electrons. The number of amides is 1. The quantitative estimate of drug-likeness (QED) is 0.722. The maximum absolute atomic E-state index is 11.8. The van der Waals surface area contributed by atoms with Gasteiger partial charge in [-0.15, -0.1) is 4.28 Å². The third kappa shape index (κ3) is 3.99. The lowest BCUT2D eigenvalue weighted by molar-refractivity contribution is -0.0890. The van der Waals surface area contributed by atoms with Crippen molar-refractivity contribution in [1.29, 1.82) is 0 Å². The lowest BCUT2D eigenvalue weighted by Gasteiger charge is -2.35. The molecule has 11 heteroatoms. The molecule has 7 nitrogen and oxygen atoms in total. The number of nitrogens with one attached hydrogen (secondary N) is 1. The van der Waals surface area contributed by atoms with Crippen LogP contribution >= 0.6 is 34.8 Å². The van der Waals surface area contributed by atoms with E-state index in [1.165, 1.54) is 0 Å². The van der Waals surface area contributed by atoms with Gasteiger partial charge in [-0.25, -0.2) is 4.79 Å². The van der Waals surface area contributed by atoms with Crippen LogP contribution in [0.15, 0.2) is 0 Å². The summed E-state index contributed by atoms with van der Waals surface area (Å²) in [6.07, 6.45) is 1.01. The lowest BCUT2D eigenvalue weighted by atomic mass is 10.2. The SMILES string of the molecule is O=C(OCC(Cl)(Cl)Cl)N1OS(=O)(=O)N[C@@H]2CCCC21. The number of hydroxylamine groups is 2. The Balaban J connectivity index is 2.06. The molecule has 0 radical (unpaired) electrons. The maximum Gasteiger partial charge on any atom is 0.435 e. The molecule has 2 fully saturated rings. The van der Waals surface area contributed by atoms with Gasteiger partial charge in [-0.05, 0) is 19.3 Å². The summed E-state index contributed by atoms with van der Waals surface area (Å²) < 4.78 is 32.8. The van der Waals surface area contributed by atoms with Gasteiger partial charge in [0.25, 0.3) is 0 Å². The van der Waals surface area contributed by atoms with Crippen molar-refractivity contribution >= 4 is 51.2 Å². The Morgan fingerprint density at radius 2 is 2.11 bits per heavy atom. The van der Waals surface area contributed by atoms with Gasteiger partial charge in [0.05, 0.1) is 6.04 Å². The normalized spacial score (nSPS) is 29.9. The minimum atomic E-state index is -4.01. The third-order valence-electron chi connectivity index (χ3n) is 2.79. The molecule has 0 aromatic heterocycles. The number of carbonyl (C=O) groups excluding carboxylic acids is 1. The highest BCUT2D eigenvalue weighted by atomic mass is 35.6. The van der Waals surface area contributed by atoms with E-state index in [1.807, 2.05) is 0 Å². The van der Waals surface area contributed by atoms with Gasteiger partial charge in [-0.1, -0.05) is 34.8 Å². The molecule has 1 heterocycles. The Kier molecular flexibility index (Phi) is 4.39. The number of hydrogen-bond acceptors (Lipinski definition) is 5. The summed E-state index contributed by atoms with van der Waals surface area (Å²) in [5.74, 6) is 0. The van der Waals surface area contributed by atoms with Gasteiger partial charge >= 0.3 is 16.4 Å². The second-order valence-corrected chi connectivity index (χ2v) is 8.06. The fourth-order valence-corrected chi connectivity index (χ4v) is 3.33. The van der Waals surface area contributed by atoms with Crippen molar-refractivity contribution in [2.24, 2.45) is 0 Å². The molecular weight excluding hydrogens is 343 g/mol. The van der Waals surface area contributed by atoms with E-state index >= 15 is 0 Å². The fraction of sp³-hybridized carbons (Fsp3) is 0.875. The number of halogens is 3. The van der Waals surface area contributed by atoms with Crippen LogP contribution in [0.2, 0.25) is 0 Å². The Bertz CT molecular complexity index is 465. The molecule has 0 aromatic rings. The number of ether oxygens (including phenoxy) is 1. The van der Waals surface area contributed by atoms with E-state index in [4.69, 9.17) is 39.5 Å². The van der Waals surface area contributed by atoms with Crippen LogP contribution in [0.1, 0.15) is 19.3 Å². The van der Waals surface area contributed by atoms with Gasteiger partial charge < -0.3 is 4.74 Å². The van der Waals surface area contributed by atoms with E-state index in [9.17, 15) is 13.2 Å². The summed E-state index contributed by atoms with van der Waals surface area (Å²) in [5, 5.41) is 0.694. The van der Waals surface area contributed by atoms with Gasteiger partial charge in [-0.2, -0.15) is 18.2 Å². The average Bonchev–Trinajstić information content (AvgIpc) is 2.69. The van der Waals surface area contributed by atoms with Gasteiger partial charge in [0.1, 0.15) is 6.61 Å². The lowest BCUT2D eigenvalue weighted by Crippen LogP contribution is -2.58. The van der Waals surface area contributed by atoms with Crippen LogP contribution in [0.25, 0.3) is 0 Å². The van der Waals surface area contributed by atoms with Gasteiger partial charge in [0.2, 0.25) is 3.79 Å². The highest BCUT2D eigenvalue weighted by Gasteiger charge is 2.45. The van der Waals surface area contributed by atoms with Crippen LogP contribution in [0.5, 0.6) is 0 Å². The highest BCUT2D eigenvalue weighted by molar-refractivity contribution is 7.84. The van der Waals surface area contributed by atoms with Gasteiger partial charge in [-0.3, -0.25) is 0 Å². The molecule has 19 heavy (non-hydrogen) atoms. The smallest absolute Gasteiger partial charge is 0.435 e. The summed E-state index contributed by atoms with van der Waals surface area (Å²) in [7, 11) is -4.01. The molecule has 1 aliphatic carbocycles. The second-order valence-electron chi connectivity index (χ2n) is 4.25. The Labute approximate surface area is 125 Å². The number of hydrogen-bond donors (Lipinski definition) is 1. The molecule has 2 aliphatic rings. The molecule has 1 unspecified atom stereocenters. The van der Waals surface area contributed by atoms with Crippen LogP contribution in [0.4, 0.5) is 4.79 Å². The molecule has 1 saturated heterocycles. The summed E-state index contributed by atoms with van der Waals surface area (Å²) in [5.41, 5.74) is 0. The van der Waals surface area contributed by atoms with Crippen molar-refractivity contribution in [2.75, 3.05) is 6.61 Å². The van der Waals surface area contributed by atoms with Crippen molar-refractivity contribution in [3.8, 4) is 0 Å². The zero-order chi connectivity index (χ0) is 14.3. The van der Waals surface area contributed by atoms with E-state index in [1.54, 1.807) is 0 Å². The van der Waals surface area contributed by atoms with Crippen LogP contribution in [0.3, 0.4) is 0 Å². The monoisotopic (exact) mass is 352 g/mol. The van der Waals surface area contributed by atoms with Gasteiger partial charge in [0.15, 0.2) is 0 Å². The first kappa shape index (κ1) is 15.4. The van der Waals surface area contributed by atoms with Crippen LogP contribution < -0.4 is 4.72 Å². The molecular formula is C8H11Cl3N2O5S. The summed E-state index contributed by atoms with van der Waals surface area (Å²) in [6.45, 7) is -0.499. The molecule has 1 saturated carbocycles. The maximum atomic E-state index is 11.8. The standard InChI is InChI=1S/C8H11Cl3N2O5S/c9-8(10,11)4-17-7(14)13-6-3-1-2-5(6)12-19(15,16)18-13/h5-6,12H,1-4H2/t5-,6?/m1/s1. The van der Waals surface area contributed by atoms with Crippen molar-refractivity contribution in [3.05, 3.63) is 0 Å². The molecule has 1 amide bonds. The minimum Gasteiger partial charge on any atom is -0.443 e. The average molecular weight is 354 g/mol. The Morgan fingerprint density at radius 1 is 1.42 bits per heavy atom. The topological polar surface area (TPSA) is 84.9 Å². The largest absolute Gasteiger partial charge is 0.443 e. The van der Waals surface area contributed by atoms with Crippen molar-refractivity contribution in [2.45, 2.75) is 35.1 Å². The number of carbonyl (C=O) groups is 1. The molecule has 0 spiro atoms. The van der Waals surface area contributed by atoms with Crippen molar-refractivity contribution in [1.82, 2.24) is 9.79 Å². The summed E-state index contributed by atoms with van der Waals surface area (Å²) in [4.78, 5) is 11.8. The number of nitrogens with zero attached hydrogens (tertiary/aromatic N) is 1. The Morgan fingerprint density at radius 3 is 2.74 bits per heavy atom. The number of rotatable bonds is 1. The predicted octanol–water partition coefficient (Wildman–Crippen LogP) is 1.50. The number of alkyl halides is 3. The molecule has 1 N–H and O–H groups in total. The first-order chi connectivity index (χ1) is 8.68. The third-order valence-corrected chi connectivity index (χ3v) is 4.07. The van der Waals surface area contributed by atoms with E-state index in [0.717, 1.165) is 6.42 Å². The van der Waals surface area contributed by atoms with Crippen LogP contribution in [-0.2, 0) is 19.3 Å². The van der Waals surface area contributed by atoms with Crippen LogP contribution in [-0.4, -0.2) is 42.1 Å². The number of fused-ring (bicyclic) bond motifs is 1. The van der Waals surface area contributed by atoms with Gasteiger partial charge in [0, 0.05) is 6.04 Å². The molecule has 2 atom stereocenters. The zero-order valence-electron chi connectivity index (χ0n) is 9.51. The molecule has 2 rings (SSSR count).